The lowest BCUT2D eigenvalue weighted by Gasteiger charge is -2.14. The smallest absolute Gasteiger partial charge is 0.341 e. The molecule has 3 aromatic rings. The molecule has 0 fully saturated rings. The molecule has 0 aliphatic rings. The van der Waals surface area contributed by atoms with E-state index in [1.54, 1.807) is 0 Å². The van der Waals surface area contributed by atoms with Gasteiger partial charge in [-0.2, -0.15) is 0 Å². The Morgan fingerprint density at radius 3 is 2.14 bits per heavy atom. The quantitative estimate of drug-likeness (QED) is 0.557. The third-order valence-corrected chi connectivity index (χ3v) is 4.96. The number of hydrogen-bond acceptors (Lipinski definition) is 2. The molecule has 0 amide bonds. The molecule has 0 radical (unpaired) electrons. The summed E-state index contributed by atoms with van der Waals surface area (Å²) in [5.74, 6) is 0.0982. The van der Waals surface area contributed by atoms with Crippen LogP contribution in [0.25, 0.3) is 22.3 Å². The third kappa shape index (κ3) is 4.42. The molecule has 0 saturated heterocycles. The van der Waals surface area contributed by atoms with Crippen molar-refractivity contribution in [2.24, 2.45) is 0 Å². The van der Waals surface area contributed by atoms with Crippen molar-refractivity contribution in [3.8, 4) is 28.0 Å². The average Bonchev–Trinajstić information content (AvgIpc) is 2.66. The van der Waals surface area contributed by atoms with Gasteiger partial charge in [0.25, 0.3) is 0 Å². The first-order valence-corrected chi connectivity index (χ1v) is 9.51. The zero-order chi connectivity index (χ0) is 20.3. The van der Waals surface area contributed by atoms with Gasteiger partial charge in [0.05, 0.1) is 0 Å². The summed E-state index contributed by atoms with van der Waals surface area (Å²) in [7, 11) is 0. The van der Waals surface area contributed by atoms with Crippen molar-refractivity contribution in [3.05, 3.63) is 77.4 Å². The van der Waals surface area contributed by atoms with Crippen LogP contribution in [0.3, 0.4) is 0 Å². The summed E-state index contributed by atoms with van der Waals surface area (Å²) in [5.41, 5.74) is 8.36. The molecule has 3 nitrogen and oxygen atoms in total. The predicted molar refractivity (Wildman–Crippen MR) is 114 cm³/mol. The van der Waals surface area contributed by atoms with Gasteiger partial charge in [0, 0.05) is 0 Å². The summed E-state index contributed by atoms with van der Waals surface area (Å²) in [6.07, 6.45) is 0. The maximum atomic E-state index is 10.7. The maximum absolute atomic E-state index is 10.7. The van der Waals surface area contributed by atoms with Gasteiger partial charge in [-0.15, -0.1) is 0 Å². The number of aryl methyl sites for hydroxylation is 2. The van der Waals surface area contributed by atoms with E-state index in [1.165, 1.54) is 22.3 Å². The molecule has 0 aliphatic carbocycles. The van der Waals surface area contributed by atoms with Gasteiger partial charge in [0.2, 0.25) is 0 Å². The predicted octanol–water partition coefficient (Wildman–Crippen LogP) is 6.22. The number of rotatable bonds is 6. The minimum Gasteiger partial charge on any atom is -0.482 e. The van der Waals surface area contributed by atoms with E-state index in [0.29, 0.717) is 11.7 Å². The molecule has 0 unspecified atom stereocenters. The van der Waals surface area contributed by atoms with Crippen molar-refractivity contribution in [3.63, 3.8) is 0 Å². The molecule has 0 heterocycles. The summed E-state index contributed by atoms with van der Waals surface area (Å²) in [4.78, 5) is 10.7. The number of carboxylic acids is 1. The fourth-order valence-electron chi connectivity index (χ4n) is 3.42. The second-order valence-corrected chi connectivity index (χ2v) is 7.47. The molecular formula is C25H26O3. The van der Waals surface area contributed by atoms with Gasteiger partial charge in [-0.25, -0.2) is 4.79 Å². The van der Waals surface area contributed by atoms with E-state index in [1.807, 2.05) is 25.1 Å². The summed E-state index contributed by atoms with van der Waals surface area (Å²) >= 11 is 0. The Morgan fingerprint density at radius 2 is 1.54 bits per heavy atom. The number of benzene rings is 3. The van der Waals surface area contributed by atoms with Crippen LogP contribution in [-0.2, 0) is 4.79 Å². The first kappa shape index (κ1) is 19.7. The number of carboxylic acid groups (broad SMARTS) is 1. The molecule has 28 heavy (non-hydrogen) atoms. The number of aliphatic carboxylic acids is 1. The van der Waals surface area contributed by atoms with Gasteiger partial charge in [-0.1, -0.05) is 62.4 Å². The van der Waals surface area contributed by atoms with Crippen LogP contribution < -0.4 is 4.74 Å². The Bertz CT molecular complexity index is 1000. The van der Waals surface area contributed by atoms with E-state index in [2.05, 4.69) is 63.2 Å². The van der Waals surface area contributed by atoms with Crippen molar-refractivity contribution in [1.29, 1.82) is 0 Å². The van der Waals surface area contributed by atoms with Crippen molar-refractivity contribution < 1.29 is 14.6 Å². The fourth-order valence-corrected chi connectivity index (χ4v) is 3.42. The normalized spacial score (nSPS) is 10.9. The molecular weight excluding hydrogens is 348 g/mol. The van der Waals surface area contributed by atoms with Crippen LogP contribution in [0.5, 0.6) is 5.75 Å². The van der Waals surface area contributed by atoms with Crippen LogP contribution in [0.2, 0.25) is 0 Å². The largest absolute Gasteiger partial charge is 0.482 e. The Kier molecular flexibility index (Phi) is 5.84. The molecule has 1 N–H and O–H groups in total. The molecule has 3 rings (SSSR count). The highest BCUT2D eigenvalue weighted by Gasteiger charge is 2.09. The van der Waals surface area contributed by atoms with E-state index in [0.717, 1.165) is 16.7 Å². The van der Waals surface area contributed by atoms with Crippen LogP contribution in [-0.4, -0.2) is 17.7 Å². The average molecular weight is 374 g/mol. The number of ether oxygens (including phenoxy) is 1. The lowest BCUT2D eigenvalue weighted by molar-refractivity contribution is -0.139. The topological polar surface area (TPSA) is 46.5 Å². The Morgan fingerprint density at radius 1 is 0.893 bits per heavy atom. The van der Waals surface area contributed by atoms with E-state index in [9.17, 15) is 4.79 Å². The minimum absolute atomic E-state index is 0.331. The molecule has 144 valence electrons. The lowest BCUT2D eigenvalue weighted by Crippen LogP contribution is -2.09. The summed E-state index contributed by atoms with van der Waals surface area (Å²) < 4.78 is 5.27. The highest BCUT2D eigenvalue weighted by atomic mass is 16.5. The van der Waals surface area contributed by atoms with E-state index in [4.69, 9.17) is 9.84 Å². The summed E-state index contributed by atoms with van der Waals surface area (Å²) in [5, 5.41) is 8.75. The number of hydrogen-bond donors (Lipinski definition) is 1. The van der Waals surface area contributed by atoms with Crippen LogP contribution in [0.4, 0.5) is 0 Å². The number of carbonyl (C=O) groups is 1. The van der Waals surface area contributed by atoms with Gasteiger partial charge in [-0.3, -0.25) is 0 Å². The third-order valence-electron chi connectivity index (χ3n) is 4.96. The molecule has 0 saturated carbocycles. The van der Waals surface area contributed by atoms with Crippen LogP contribution in [0, 0.1) is 13.8 Å². The highest BCUT2D eigenvalue weighted by Crippen LogP contribution is 2.32. The monoisotopic (exact) mass is 374 g/mol. The van der Waals surface area contributed by atoms with Gasteiger partial charge in [0.15, 0.2) is 6.61 Å². The van der Waals surface area contributed by atoms with Crippen molar-refractivity contribution >= 4 is 5.97 Å². The van der Waals surface area contributed by atoms with Gasteiger partial charge >= 0.3 is 5.97 Å². The zero-order valence-electron chi connectivity index (χ0n) is 16.8. The maximum Gasteiger partial charge on any atom is 0.341 e. The Hall–Kier alpha value is -3.07. The molecule has 0 aromatic heterocycles. The summed E-state index contributed by atoms with van der Waals surface area (Å²) in [6.45, 7) is 8.24. The van der Waals surface area contributed by atoms with E-state index < -0.39 is 5.97 Å². The van der Waals surface area contributed by atoms with E-state index in [-0.39, 0.29) is 6.61 Å². The SMILES string of the molecule is Cc1cc(OCC(=O)O)ccc1-c1ccc(-c2cccc(C(C)C)c2)c(C)c1. The van der Waals surface area contributed by atoms with Gasteiger partial charge in [-0.05, 0) is 70.8 Å². The highest BCUT2D eigenvalue weighted by molar-refractivity contribution is 5.75. The molecule has 3 heteroatoms. The molecule has 0 atom stereocenters. The zero-order valence-corrected chi connectivity index (χ0v) is 16.8. The lowest BCUT2D eigenvalue weighted by atomic mass is 9.92. The van der Waals surface area contributed by atoms with Crippen molar-refractivity contribution in [2.75, 3.05) is 6.61 Å². The molecule has 0 spiro atoms. The molecule has 0 bridgehead atoms. The van der Waals surface area contributed by atoms with Crippen LogP contribution in [0.15, 0.2) is 60.7 Å². The first-order valence-electron chi connectivity index (χ1n) is 9.51. The van der Waals surface area contributed by atoms with Crippen molar-refractivity contribution in [2.45, 2.75) is 33.6 Å². The minimum atomic E-state index is -0.977. The standard InChI is InChI=1S/C25H26O3/c1-16(2)19-6-5-7-20(14-19)23-10-8-21(12-17(23)3)24-11-9-22(13-18(24)4)28-15-25(26)27/h5-14,16H,15H2,1-4H3,(H,26,27). The van der Waals surface area contributed by atoms with Crippen LogP contribution >= 0.6 is 0 Å². The fraction of sp³-hybridized carbons (Fsp3) is 0.240. The first-order chi connectivity index (χ1) is 13.3. The van der Waals surface area contributed by atoms with E-state index >= 15 is 0 Å². The molecule has 0 aliphatic heterocycles. The summed E-state index contributed by atoms with van der Waals surface area (Å²) in [6, 6.07) is 20.9. The Labute approximate surface area is 166 Å². The second-order valence-electron chi connectivity index (χ2n) is 7.47. The van der Waals surface area contributed by atoms with Gasteiger partial charge in [0.1, 0.15) is 5.75 Å². The Balaban J connectivity index is 1.90. The molecule has 3 aromatic carbocycles. The van der Waals surface area contributed by atoms with Gasteiger partial charge < -0.3 is 9.84 Å². The van der Waals surface area contributed by atoms with Crippen LogP contribution in [0.1, 0.15) is 36.5 Å². The van der Waals surface area contributed by atoms with Crippen molar-refractivity contribution in [1.82, 2.24) is 0 Å². The second kappa shape index (κ2) is 8.30.